The van der Waals surface area contributed by atoms with Crippen molar-refractivity contribution in [2.45, 2.75) is 39.0 Å². The van der Waals surface area contributed by atoms with Crippen molar-refractivity contribution in [3.05, 3.63) is 33.1 Å². The monoisotopic (exact) mass is 542 g/mol. The number of ether oxygens (including phenoxy) is 5. The maximum atomic E-state index is 14.1. The van der Waals surface area contributed by atoms with E-state index in [2.05, 4.69) is 23.9 Å². The van der Waals surface area contributed by atoms with Crippen LogP contribution in [0.25, 0.3) is 0 Å². The number of phosphoric acid groups is 1. The van der Waals surface area contributed by atoms with Crippen molar-refractivity contribution in [1.82, 2.24) is 9.55 Å². The third-order valence-corrected chi connectivity index (χ3v) is 5.99. The number of aromatic nitrogens is 2. The molecule has 0 aliphatic carbocycles. The fourth-order valence-corrected chi connectivity index (χ4v) is 4.17. The molecule has 0 aromatic carbocycles. The summed E-state index contributed by atoms with van der Waals surface area (Å²) in [7, 11) is -4.63. The molecule has 0 radical (unpaired) electrons. The fraction of sp³-hybridized carbons (Fsp3) is 0.684. The molecule has 0 amide bonds. The number of H-pyrrole nitrogens is 1. The van der Waals surface area contributed by atoms with Crippen molar-refractivity contribution < 1.29 is 55.8 Å². The zero-order valence-electron chi connectivity index (χ0n) is 19.8. The number of alkyl halides is 1. The highest BCUT2D eigenvalue weighted by Crippen LogP contribution is 2.52. The van der Waals surface area contributed by atoms with E-state index in [1.54, 1.807) is 6.92 Å². The SMILES string of the molecule is CCOC(=O)OCOP(=O)(OCOC(=O)OCC)OC[C@]1(CF)C[C@H](C)[C@H](n2ccc(=O)[nH]c2=O)O1. The molecule has 0 spiro atoms. The van der Waals surface area contributed by atoms with Crippen LogP contribution < -0.4 is 11.2 Å². The predicted molar refractivity (Wildman–Crippen MR) is 116 cm³/mol. The van der Waals surface area contributed by atoms with Gasteiger partial charge in [0.05, 0.1) is 19.8 Å². The highest BCUT2D eigenvalue weighted by atomic mass is 31.2. The maximum Gasteiger partial charge on any atom is 0.510 e. The first-order valence-electron chi connectivity index (χ1n) is 10.7. The molecule has 1 aliphatic rings. The molecule has 0 bridgehead atoms. The lowest BCUT2D eigenvalue weighted by atomic mass is 9.96. The van der Waals surface area contributed by atoms with E-state index in [4.69, 9.17) is 18.3 Å². The van der Waals surface area contributed by atoms with Crippen LogP contribution in [0.1, 0.15) is 33.4 Å². The van der Waals surface area contributed by atoms with Crippen molar-refractivity contribution in [2.24, 2.45) is 5.92 Å². The standard InChI is InChI=1S/C19H28FN2O13P/c1-4-28-17(25)30-11-33-36(27,34-12-31-18(26)29-5-2)32-10-19(9-20)8-13(3)15(35-19)22-7-6-14(23)21-16(22)24/h6-7,13,15H,4-5,8-12H2,1-3H3,(H,21,23,24)/t13-,15+,19+/m0/s1. The number of nitrogens with zero attached hydrogens (tertiary/aromatic N) is 1. The molecule has 3 atom stereocenters. The van der Waals surface area contributed by atoms with E-state index in [-0.39, 0.29) is 19.6 Å². The summed E-state index contributed by atoms with van der Waals surface area (Å²) in [5.41, 5.74) is -3.07. The Labute approximate surface area is 204 Å². The van der Waals surface area contributed by atoms with Crippen LogP contribution in [0, 0.1) is 5.92 Å². The topological polar surface area (TPSA) is 180 Å². The van der Waals surface area contributed by atoms with Crippen molar-refractivity contribution in [3.63, 3.8) is 0 Å². The smallest absolute Gasteiger partial charge is 0.435 e. The van der Waals surface area contributed by atoms with Gasteiger partial charge in [-0.3, -0.25) is 18.9 Å². The van der Waals surface area contributed by atoms with Gasteiger partial charge in [0.25, 0.3) is 5.56 Å². The molecule has 1 saturated heterocycles. The van der Waals surface area contributed by atoms with Gasteiger partial charge in [-0.25, -0.2) is 32.4 Å². The predicted octanol–water partition coefficient (Wildman–Crippen LogP) is 2.22. The van der Waals surface area contributed by atoms with Gasteiger partial charge < -0.3 is 23.7 Å². The van der Waals surface area contributed by atoms with Crippen molar-refractivity contribution in [2.75, 3.05) is 40.1 Å². The van der Waals surface area contributed by atoms with E-state index in [0.717, 1.165) is 10.6 Å². The zero-order chi connectivity index (χ0) is 26.8. The quantitative estimate of drug-likeness (QED) is 0.218. The Balaban J connectivity index is 2.10. The van der Waals surface area contributed by atoms with E-state index in [1.165, 1.54) is 20.0 Å². The third-order valence-electron chi connectivity index (χ3n) is 4.71. The molecule has 0 unspecified atom stereocenters. The molecule has 1 aliphatic heterocycles. The van der Waals surface area contributed by atoms with Crippen LogP contribution in [0.5, 0.6) is 0 Å². The van der Waals surface area contributed by atoms with Crippen LogP contribution in [-0.4, -0.2) is 67.5 Å². The minimum Gasteiger partial charge on any atom is -0.435 e. The second kappa shape index (κ2) is 13.5. The van der Waals surface area contributed by atoms with Gasteiger partial charge in [-0.15, -0.1) is 0 Å². The number of hydrogen-bond acceptors (Lipinski definition) is 13. The Kier molecular flexibility index (Phi) is 11.0. The van der Waals surface area contributed by atoms with Gasteiger partial charge in [-0.1, -0.05) is 6.92 Å². The first-order valence-corrected chi connectivity index (χ1v) is 12.2. The minimum absolute atomic E-state index is 0.00493. The Morgan fingerprint density at radius 3 is 2.19 bits per heavy atom. The van der Waals surface area contributed by atoms with Crippen LogP contribution in [0.3, 0.4) is 0 Å². The molecule has 2 heterocycles. The number of carbonyl (C=O) groups is 2. The Hall–Kier alpha value is -2.78. The van der Waals surface area contributed by atoms with Gasteiger partial charge in [0, 0.05) is 18.2 Å². The molecule has 0 saturated carbocycles. The van der Waals surface area contributed by atoms with Crippen LogP contribution in [0.4, 0.5) is 14.0 Å². The summed E-state index contributed by atoms with van der Waals surface area (Å²) in [6.45, 7) is 1.04. The van der Waals surface area contributed by atoms with E-state index >= 15 is 0 Å². The summed E-state index contributed by atoms with van der Waals surface area (Å²) in [4.78, 5) is 48.2. The van der Waals surface area contributed by atoms with Gasteiger partial charge in [-0.05, 0) is 20.3 Å². The summed E-state index contributed by atoms with van der Waals surface area (Å²) < 4.78 is 67.2. The van der Waals surface area contributed by atoms with Gasteiger partial charge in [0.15, 0.2) is 0 Å². The first kappa shape index (κ1) is 29.5. The van der Waals surface area contributed by atoms with E-state index < -0.39 is 76.0 Å². The number of halogens is 1. The number of aromatic amines is 1. The fourth-order valence-electron chi connectivity index (χ4n) is 3.19. The highest BCUT2D eigenvalue weighted by Gasteiger charge is 2.48. The summed E-state index contributed by atoms with van der Waals surface area (Å²) in [5.74, 6) is -0.437. The minimum atomic E-state index is -4.63. The number of hydrogen-bond donors (Lipinski definition) is 1. The second-order valence-corrected chi connectivity index (χ2v) is 9.06. The lowest BCUT2D eigenvalue weighted by molar-refractivity contribution is -0.117. The molecule has 1 aromatic heterocycles. The van der Waals surface area contributed by atoms with E-state index in [0.29, 0.717) is 0 Å². The normalized spacial score (nSPS) is 21.7. The lowest BCUT2D eigenvalue weighted by Gasteiger charge is -2.28. The molecule has 17 heteroatoms. The molecular formula is C19H28FN2O13P. The third kappa shape index (κ3) is 8.41. The molecule has 15 nitrogen and oxygen atoms in total. The molecule has 1 fully saturated rings. The van der Waals surface area contributed by atoms with E-state index in [1.807, 2.05) is 0 Å². The van der Waals surface area contributed by atoms with E-state index in [9.17, 15) is 28.1 Å². The first-order chi connectivity index (χ1) is 17.1. The molecule has 2 rings (SSSR count). The van der Waals surface area contributed by atoms with Crippen molar-refractivity contribution in [3.8, 4) is 0 Å². The van der Waals surface area contributed by atoms with Crippen LogP contribution in [0.2, 0.25) is 0 Å². The molecular weight excluding hydrogens is 514 g/mol. The van der Waals surface area contributed by atoms with Crippen LogP contribution >= 0.6 is 7.82 Å². The summed E-state index contributed by atoms with van der Waals surface area (Å²) in [6, 6.07) is 1.10. The average molecular weight is 542 g/mol. The molecule has 1 aromatic rings. The zero-order valence-corrected chi connectivity index (χ0v) is 20.7. The number of nitrogens with one attached hydrogen (secondary N) is 1. The Morgan fingerprint density at radius 2 is 1.69 bits per heavy atom. The van der Waals surface area contributed by atoms with Crippen molar-refractivity contribution in [1.29, 1.82) is 0 Å². The van der Waals surface area contributed by atoms with Gasteiger partial charge in [0.1, 0.15) is 18.5 Å². The summed E-state index contributed by atoms with van der Waals surface area (Å²) >= 11 is 0. The highest BCUT2D eigenvalue weighted by molar-refractivity contribution is 7.48. The lowest BCUT2D eigenvalue weighted by Crippen LogP contribution is -2.38. The largest absolute Gasteiger partial charge is 0.510 e. The molecule has 204 valence electrons. The summed E-state index contributed by atoms with van der Waals surface area (Å²) in [5, 5.41) is 0. The van der Waals surface area contributed by atoms with Gasteiger partial charge in [-0.2, -0.15) is 0 Å². The second-order valence-electron chi connectivity index (χ2n) is 7.39. The molecule has 36 heavy (non-hydrogen) atoms. The average Bonchev–Trinajstić information content (AvgIpc) is 3.15. The van der Waals surface area contributed by atoms with Gasteiger partial charge >= 0.3 is 25.8 Å². The Bertz CT molecular complexity index is 1020. The molecule has 1 N–H and O–H groups in total. The number of carbonyl (C=O) groups excluding carboxylic acids is 2. The summed E-state index contributed by atoms with van der Waals surface area (Å²) in [6.07, 6.45) is -2.02. The van der Waals surface area contributed by atoms with Crippen LogP contribution in [-0.2, 0) is 41.8 Å². The van der Waals surface area contributed by atoms with Crippen molar-refractivity contribution >= 4 is 20.1 Å². The number of rotatable bonds is 13. The number of phosphoric ester groups is 1. The van der Waals surface area contributed by atoms with Gasteiger partial charge in [0.2, 0.25) is 13.6 Å². The maximum absolute atomic E-state index is 14.1. The Morgan fingerprint density at radius 1 is 1.11 bits per heavy atom. The van der Waals surface area contributed by atoms with Crippen LogP contribution in [0.15, 0.2) is 21.9 Å².